The Balaban J connectivity index is 2.02. The molecular weight excluding hydrogens is 274 g/mol. The van der Waals surface area contributed by atoms with E-state index in [-0.39, 0.29) is 12.0 Å². The Morgan fingerprint density at radius 3 is 2.71 bits per heavy atom. The van der Waals surface area contributed by atoms with Gasteiger partial charge in [0.05, 0.1) is 18.1 Å². The average molecular weight is 299 g/mol. The molecular formula is C15H25NO5. The lowest BCUT2D eigenvalue weighted by Gasteiger charge is -2.46. The average Bonchev–Trinajstić information content (AvgIpc) is 2.37. The quantitative estimate of drug-likeness (QED) is 0.803. The third-order valence-corrected chi connectivity index (χ3v) is 4.03. The summed E-state index contributed by atoms with van der Waals surface area (Å²) in [5.74, 6) is -1.15. The number of aliphatic carboxylic acids is 1. The zero-order valence-electron chi connectivity index (χ0n) is 13.1. The number of piperidine rings is 1. The Kier molecular flexibility index (Phi) is 4.46. The highest BCUT2D eigenvalue weighted by Crippen LogP contribution is 2.37. The van der Waals surface area contributed by atoms with Crippen LogP contribution in [0.3, 0.4) is 0 Å². The van der Waals surface area contributed by atoms with E-state index in [2.05, 4.69) is 0 Å². The predicted molar refractivity (Wildman–Crippen MR) is 76.1 cm³/mol. The molecule has 0 radical (unpaired) electrons. The molecule has 2 rings (SSSR count). The molecule has 2 atom stereocenters. The molecule has 1 amide bonds. The molecule has 21 heavy (non-hydrogen) atoms. The number of carbonyl (C=O) groups excluding carboxylic acids is 1. The van der Waals surface area contributed by atoms with E-state index in [0.29, 0.717) is 32.5 Å². The van der Waals surface area contributed by atoms with Crippen LogP contribution in [0.4, 0.5) is 4.79 Å². The number of rotatable bonds is 1. The topological polar surface area (TPSA) is 76.1 Å². The van der Waals surface area contributed by atoms with Crippen LogP contribution in [0.25, 0.3) is 0 Å². The lowest BCUT2D eigenvalue weighted by molar-refractivity contribution is -0.161. The first-order chi connectivity index (χ1) is 9.71. The first kappa shape index (κ1) is 16.1. The maximum Gasteiger partial charge on any atom is 0.410 e. The van der Waals surface area contributed by atoms with Gasteiger partial charge in [0.1, 0.15) is 5.60 Å². The Labute approximate surface area is 125 Å². The van der Waals surface area contributed by atoms with Crippen molar-refractivity contribution in [3.05, 3.63) is 0 Å². The third kappa shape index (κ3) is 4.09. The van der Waals surface area contributed by atoms with Gasteiger partial charge >= 0.3 is 12.1 Å². The Morgan fingerprint density at radius 2 is 2.10 bits per heavy atom. The molecule has 1 N–H and O–H groups in total. The first-order valence-corrected chi connectivity index (χ1v) is 7.55. The maximum atomic E-state index is 12.2. The van der Waals surface area contributed by atoms with E-state index >= 15 is 0 Å². The van der Waals surface area contributed by atoms with Gasteiger partial charge in [-0.1, -0.05) is 0 Å². The second kappa shape index (κ2) is 5.83. The highest BCUT2D eigenvalue weighted by Gasteiger charge is 2.44. The number of amides is 1. The van der Waals surface area contributed by atoms with Crippen molar-refractivity contribution < 1.29 is 24.2 Å². The fourth-order valence-corrected chi connectivity index (χ4v) is 3.10. The molecule has 0 aromatic carbocycles. The van der Waals surface area contributed by atoms with Crippen molar-refractivity contribution in [2.45, 2.75) is 57.7 Å². The van der Waals surface area contributed by atoms with Gasteiger partial charge in [-0.05, 0) is 46.5 Å². The molecule has 0 saturated carbocycles. The normalized spacial score (nSPS) is 30.2. The van der Waals surface area contributed by atoms with Gasteiger partial charge in [-0.3, -0.25) is 4.79 Å². The Morgan fingerprint density at radius 1 is 1.38 bits per heavy atom. The van der Waals surface area contributed by atoms with E-state index in [1.165, 1.54) is 0 Å². The third-order valence-electron chi connectivity index (χ3n) is 4.03. The van der Waals surface area contributed by atoms with Crippen molar-refractivity contribution in [3.8, 4) is 0 Å². The lowest BCUT2D eigenvalue weighted by atomic mass is 9.80. The molecule has 2 aliphatic heterocycles. The summed E-state index contributed by atoms with van der Waals surface area (Å²) >= 11 is 0. The zero-order valence-corrected chi connectivity index (χ0v) is 13.1. The second-order valence-electron chi connectivity index (χ2n) is 7.06. The fraction of sp³-hybridized carbons (Fsp3) is 0.867. The van der Waals surface area contributed by atoms with Gasteiger partial charge in [-0.25, -0.2) is 4.79 Å². The smallest absolute Gasteiger partial charge is 0.410 e. The summed E-state index contributed by atoms with van der Waals surface area (Å²) in [6, 6.07) is 0. The van der Waals surface area contributed by atoms with E-state index in [4.69, 9.17) is 9.47 Å². The minimum Gasteiger partial charge on any atom is -0.481 e. The summed E-state index contributed by atoms with van der Waals surface area (Å²) in [7, 11) is 0. The van der Waals surface area contributed by atoms with E-state index in [0.717, 1.165) is 12.8 Å². The predicted octanol–water partition coefficient (Wildman–Crippen LogP) is 2.27. The van der Waals surface area contributed by atoms with Gasteiger partial charge in [0, 0.05) is 13.2 Å². The SMILES string of the molecule is CC(C)(C)OC(=O)N1CCCC2(CC(C(=O)O)CCO2)C1. The molecule has 2 heterocycles. The Bertz CT molecular complexity index is 413. The highest BCUT2D eigenvalue weighted by molar-refractivity contribution is 5.70. The number of likely N-dealkylation sites (tertiary alicyclic amines) is 1. The minimum atomic E-state index is -0.771. The molecule has 2 saturated heterocycles. The minimum absolute atomic E-state index is 0.345. The van der Waals surface area contributed by atoms with Gasteiger partial charge in [0.2, 0.25) is 0 Å². The molecule has 2 fully saturated rings. The van der Waals surface area contributed by atoms with Crippen LogP contribution in [0.1, 0.15) is 46.5 Å². The number of carboxylic acid groups (broad SMARTS) is 1. The number of carboxylic acids is 1. The zero-order chi connectivity index (χ0) is 15.7. The monoisotopic (exact) mass is 299 g/mol. The number of nitrogens with zero attached hydrogens (tertiary/aromatic N) is 1. The van der Waals surface area contributed by atoms with Gasteiger partial charge < -0.3 is 19.5 Å². The van der Waals surface area contributed by atoms with Crippen molar-refractivity contribution in [2.24, 2.45) is 5.92 Å². The lowest BCUT2D eigenvalue weighted by Crippen LogP contribution is -2.55. The molecule has 6 heteroatoms. The van der Waals surface area contributed by atoms with Crippen molar-refractivity contribution >= 4 is 12.1 Å². The molecule has 120 valence electrons. The van der Waals surface area contributed by atoms with Crippen LogP contribution in [-0.2, 0) is 14.3 Å². The number of ether oxygens (including phenoxy) is 2. The van der Waals surface area contributed by atoms with E-state index in [1.54, 1.807) is 4.90 Å². The summed E-state index contributed by atoms with van der Waals surface area (Å²) in [4.78, 5) is 25.1. The van der Waals surface area contributed by atoms with E-state index in [9.17, 15) is 14.7 Å². The van der Waals surface area contributed by atoms with Crippen LogP contribution in [0.5, 0.6) is 0 Å². The van der Waals surface area contributed by atoms with Crippen molar-refractivity contribution in [1.29, 1.82) is 0 Å². The summed E-state index contributed by atoms with van der Waals surface area (Å²) in [5.41, 5.74) is -1.05. The highest BCUT2D eigenvalue weighted by atomic mass is 16.6. The van der Waals surface area contributed by atoms with Gasteiger partial charge in [0.25, 0.3) is 0 Å². The maximum absolute atomic E-state index is 12.2. The number of carbonyl (C=O) groups is 2. The van der Waals surface area contributed by atoms with E-state index < -0.39 is 17.2 Å². The molecule has 0 bridgehead atoms. The molecule has 0 aliphatic carbocycles. The molecule has 0 aromatic heterocycles. The van der Waals surface area contributed by atoms with Crippen LogP contribution >= 0.6 is 0 Å². The fourth-order valence-electron chi connectivity index (χ4n) is 3.10. The molecule has 6 nitrogen and oxygen atoms in total. The van der Waals surface area contributed by atoms with Crippen LogP contribution in [0.2, 0.25) is 0 Å². The van der Waals surface area contributed by atoms with Gasteiger partial charge in [-0.15, -0.1) is 0 Å². The standard InChI is InChI=1S/C15H25NO5/c1-14(2,3)21-13(19)16-7-4-6-15(10-16)9-11(12(17)18)5-8-20-15/h11H,4-10H2,1-3H3,(H,17,18). The van der Waals surface area contributed by atoms with Crippen LogP contribution in [-0.4, -0.2) is 53.0 Å². The second-order valence-corrected chi connectivity index (χ2v) is 7.06. The molecule has 0 aromatic rings. The molecule has 1 spiro atoms. The first-order valence-electron chi connectivity index (χ1n) is 7.55. The summed E-state index contributed by atoms with van der Waals surface area (Å²) in [6.07, 6.45) is 2.29. The summed E-state index contributed by atoms with van der Waals surface area (Å²) < 4.78 is 11.3. The van der Waals surface area contributed by atoms with Crippen LogP contribution < -0.4 is 0 Å². The molecule has 2 unspecified atom stereocenters. The van der Waals surface area contributed by atoms with Crippen LogP contribution in [0, 0.1) is 5.92 Å². The number of hydrogen-bond acceptors (Lipinski definition) is 4. The molecule has 2 aliphatic rings. The van der Waals surface area contributed by atoms with Gasteiger partial charge in [0.15, 0.2) is 0 Å². The van der Waals surface area contributed by atoms with E-state index in [1.807, 2.05) is 20.8 Å². The van der Waals surface area contributed by atoms with Crippen LogP contribution in [0.15, 0.2) is 0 Å². The van der Waals surface area contributed by atoms with Gasteiger partial charge in [-0.2, -0.15) is 0 Å². The van der Waals surface area contributed by atoms with Crippen molar-refractivity contribution in [2.75, 3.05) is 19.7 Å². The largest absolute Gasteiger partial charge is 0.481 e. The van der Waals surface area contributed by atoms with Crippen molar-refractivity contribution in [3.63, 3.8) is 0 Å². The van der Waals surface area contributed by atoms with Crippen molar-refractivity contribution in [1.82, 2.24) is 4.90 Å². The summed E-state index contributed by atoms with van der Waals surface area (Å²) in [5, 5.41) is 9.22. The Hall–Kier alpha value is -1.30. The number of hydrogen-bond donors (Lipinski definition) is 1. The summed E-state index contributed by atoms with van der Waals surface area (Å²) in [6.45, 7) is 7.01.